The molecule has 1 aliphatic heterocycles. The van der Waals surface area contributed by atoms with Gasteiger partial charge in [-0.3, -0.25) is 4.79 Å². The zero-order valence-electron chi connectivity index (χ0n) is 14.2. The monoisotopic (exact) mass is 383 g/mol. The molecule has 2 heterocycles. The first-order chi connectivity index (χ1) is 12.6. The van der Waals surface area contributed by atoms with Crippen LogP contribution >= 0.6 is 0 Å². The van der Waals surface area contributed by atoms with Crippen molar-refractivity contribution in [3.63, 3.8) is 0 Å². The number of aromatic nitrogens is 2. The maximum Gasteiger partial charge on any atom is 0.434 e. The molecule has 1 aromatic carbocycles. The van der Waals surface area contributed by atoms with E-state index in [1.807, 2.05) is 0 Å². The van der Waals surface area contributed by atoms with Crippen LogP contribution in [0.3, 0.4) is 0 Å². The van der Waals surface area contributed by atoms with Gasteiger partial charge in [-0.05, 0) is 44.0 Å². The van der Waals surface area contributed by atoms with Crippen LogP contribution in [-0.4, -0.2) is 39.0 Å². The van der Waals surface area contributed by atoms with Crippen molar-refractivity contribution < 1.29 is 32.6 Å². The SMILES string of the molecule is CC1(C(=O)Nc2ccc(-n3ncc(C(=O)O)c3C(F)(F)F)cc2)CCCO1. The molecule has 1 unspecified atom stereocenters. The Kier molecular flexibility index (Phi) is 4.68. The molecule has 27 heavy (non-hydrogen) atoms. The lowest BCUT2D eigenvalue weighted by Crippen LogP contribution is -2.39. The molecule has 0 radical (unpaired) electrons. The highest BCUT2D eigenvalue weighted by atomic mass is 19.4. The molecule has 1 saturated heterocycles. The number of ether oxygens (including phenoxy) is 1. The lowest BCUT2D eigenvalue weighted by molar-refractivity contribution is -0.143. The summed E-state index contributed by atoms with van der Waals surface area (Å²) in [6.07, 6.45) is -2.89. The normalized spacial score (nSPS) is 19.9. The van der Waals surface area contributed by atoms with E-state index in [1.165, 1.54) is 24.3 Å². The van der Waals surface area contributed by atoms with Crippen molar-refractivity contribution in [1.82, 2.24) is 9.78 Å². The second-order valence-corrected chi connectivity index (χ2v) is 6.31. The number of anilines is 1. The molecule has 2 N–H and O–H groups in total. The number of carbonyl (C=O) groups is 2. The fourth-order valence-electron chi connectivity index (χ4n) is 2.88. The van der Waals surface area contributed by atoms with Crippen molar-refractivity contribution in [2.24, 2.45) is 0 Å². The van der Waals surface area contributed by atoms with Crippen molar-refractivity contribution >= 4 is 17.6 Å². The van der Waals surface area contributed by atoms with Crippen LogP contribution in [0.5, 0.6) is 0 Å². The van der Waals surface area contributed by atoms with E-state index in [4.69, 9.17) is 9.84 Å². The number of alkyl halides is 3. The highest BCUT2D eigenvalue weighted by molar-refractivity contribution is 5.97. The number of hydrogen-bond donors (Lipinski definition) is 2. The molecule has 144 valence electrons. The molecule has 0 saturated carbocycles. The van der Waals surface area contributed by atoms with Crippen LogP contribution in [0.4, 0.5) is 18.9 Å². The zero-order chi connectivity index (χ0) is 19.8. The van der Waals surface area contributed by atoms with Gasteiger partial charge in [-0.1, -0.05) is 0 Å². The summed E-state index contributed by atoms with van der Waals surface area (Å²) in [5.41, 5.74) is -2.86. The molecule has 0 aliphatic carbocycles. The Labute approximate surface area is 151 Å². The lowest BCUT2D eigenvalue weighted by Gasteiger charge is -2.22. The van der Waals surface area contributed by atoms with Crippen LogP contribution in [0.2, 0.25) is 0 Å². The van der Waals surface area contributed by atoms with E-state index in [-0.39, 0.29) is 11.6 Å². The topological polar surface area (TPSA) is 93.5 Å². The zero-order valence-corrected chi connectivity index (χ0v) is 14.2. The van der Waals surface area contributed by atoms with Gasteiger partial charge in [0, 0.05) is 12.3 Å². The number of rotatable bonds is 4. The van der Waals surface area contributed by atoms with Gasteiger partial charge in [-0.15, -0.1) is 0 Å². The van der Waals surface area contributed by atoms with Gasteiger partial charge in [0.05, 0.1) is 11.9 Å². The summed E-state index contributed by atoms with van der Waals surface area (Å²) in [5, 5.41) is 15.2. The lowest BCUT2D eigenvalue weighted by atomic mass is 10.0. The van der Waals surface area contributed by atoms with Gasteiger partial charge in [-0.25, -0.2) is 9.48 Å². The molecule has 0 bridgehead atoms. The van der Waals surface area contributed by atoms with Crippen molar-refractivity contribution in [3.8, 4) is 5.69 Å². The average molecular weight is 383 g/mol. The fourth-order valence-corrected chi connectivity index (χ4v) is 2.88. The number of carbonyl (C=O) groups excluding carboxylic acids is 1. The Morgan fingerprint density at radius 1 is 1.30 bits per heavy atom. The molecule has 3 rings (SSSR count). The minimum Gasteiger partial charge on any atom is -0.478 e. The van der Waals surface area contributed by atoms with Crippen LogP contribution < -0.4 is 5.32 Å². The van der Waals surface area contributed by atoms with Crippen LogP contribution in [0.15, 0.2) is 30.5 Å². The number of amides is 1. The first kappa shape index (κ1) is 18.9. The summed E-state index contributed by atoms with van der Waals surface area (Å²) < 4.78 is 45.7. The van der Waals surface area contributed by atoms with Crippen LogP contribution in [0.1, 0.15) is 35.8 Å². The highest BCUT2D eigenvalue weighted by Crippen LogP contribution is 2.34. The van der Waals surface area contributed by atoms with Crippen LogP contribution in [0, 0.1) is 0 Å². The Morgan fingerprint density at radius 3 is 2.48 bits per heavy atom. The number of nitrogens with zero attached hydrogens (tertiary/aromatic N) is 2. The Balaban J connectivity index is 1.86. The number of carboxylic acids is 1. The summed E-state index contributed by atoms with van der Waals surface area (Å²) >= 11 is 0. The first-order valence-electron chi connectivity index (χ1n) is 8.06. The van der Waals surface area contributed by atoms with E-state index in [9.17, 15) is 22.8 Å². The molecule has 2 aromatic rings. The van der Waals surface area contributed by atoms with E-state index in [1.54, 1.807) is 6.92 Å². The third-order valence-electron chi connectivity index (χ3n) is 4.34. The van der Waals surface area contributed by atoms with E-state index in [2.05, 4.69) is 10.4 Å². The number of carboxylic acid groups (broad SMARTS) is 1. The molecule has 1 aliphatic rings. The number of hydrogen-bond acceptors (Lipinski definition) is 4. The molecular weight excluding hydrogens is 367 g/mol. The molecule has 1 fully saturated rings. The van der Waals surface area contributed by atoms with E-state index in [0.29, 0.717) is 29.6 Å². The number of benzene rings is 1. The van der Waals surface area contributed by atoms with Crippen molar-refractivity contribution in [2.45, 2.75) is 31.5 Å². The second kappa shape index (κ2) is 6.69. The Morgan fingerprint density at radius 2 is 1.96 bits per heavy atom. The van der Waals surface area contributed by atoms with Crippen molar-refractivity contribution in [3.05, 3.63) is 41.7 Å². The van der Waals surface area contributed by atoms with Crippen molar-refractivity contribution in [2.75, 3.05) is 11.9 Å². The number of halogens is 3. The van der Waals surface area contributed by atoms with Crippen LogP contribution in [-0.2, 0) is 15.7 Å². The predicted molar refractivity (Wildman–Crippen MR) is 87.7 cm³/mol. The molecule has 1 aromatic heterocycles. The van der Waals surface area contributed by atoms with Gasteiger partial charge in [0.1, 0.15) is 11.2 Å². The van der Waals surface area contributed by atoms with E-state index >= 15 is 0 Å². The first-order valence-corrected chi connectivity index (χ1v) is 8.06. The molecule has 1 amide bonds. The maximum absolute atomic E-state index is 13.3. The molecule has 7 nitrogen and oxygen atoms in total. The third-order valence-corrected chi connectivity index (χ3v) is 4.34. The average Bonchev–Trinajstić information content (AvgIpc) is 3.22. The Hall–Kier alpha value is -2.88. The van der Waals surface area contributed by atoms with Gasteiger partial charge in [0.15, 0.2) is 5.69 Å². The second-order valence-electron chi connectivity index (χ2n) is 6.31. The fraction of sp³-hybridized carbons (Fsp3) is 0.353. The van der Waals surface area contributed by atoms with Gasteiger partial charge in [0.25, 0.3) is 5.91 Å². The largest absolute Gasteiger partial charge is 0.478 e. The predicted octanol–water partition coefficient (Wildman–Crippen LogP) is 3.10. The quantitative estimate of drug-likeness (QED) is 0.846. The maximum atomic E-state index is 13.3. The van der Waals surface area contributed by atoms with Crippen molar-refractivity contribution in [1.29, 1.82) is 0 Å². The minimum absolute atomic E-state index is 0.0103. The molecule has 0 spiro atoms. The van der Waals surface area contributed by atoms with E-state index in [0.717, 1.165) is 6.42 Å². The summed E-state index contributed by atoms with van der Waals surface area (Å²) in [6.45, 7) is 2.17. The standard InChI is InChI=1S/C17H16F3N3O4/c1-16(7-2-8-27-16)15(26)22-10-3-5-11(6-4-10)23-13(17(18,19)20)12(9-21-23)14(24)25/h3-6,9H,2,7-8H2,1H3,(H,22,26)(H,24,25). The van der Waals surface area contributed by atoms with E-state index < -0.39 is 29.0 Å². The van der Waals surface area contributed by atoms with Gasteiger partial charge >= 0.3 is 12.1 Å². The summed E-state index contributed by atoms with van der Waals surface area (Å²) in [7, 11) is 0. The Bertz CT molecular complexity index is 869. The minimum atomic E-state index is -4.90. The summed E-state index contributed by atoms with van der Waals surface area (Å²) in [5.74, 6) is -2.06. The number of nitrogens with one attached hydrogen (secondary N) is 1. The third kappa shape index (κ3) is 3.65. The summed E-state index contributed by atoms with van der Waals surface area (Å²) in [6, 6.07) is 5.43. The van der Waals surface area contributed by atoms with Gasteiger partial charge in [-0.2, -0.15) is 18.3 Å². The number of aromatic carboxylic acids is 1. The summed E-state index contributed by atoms with van der Waals surface area (Å²) in [4.78, 5) is 23.3. The molecular formula is C17H16F3N3O4. The van der Waals surface area contributed by atoms with Gasteiger partial charge < -0.3 is 15.2 Å². The van der Waals surface area contributed by atoms with Gasteiger partial charge in [0.2, 0.25) is 0 Å². The van der Waals surface area contributed by atoms with Crippen LogP contribution in [0.25, 0.3) is 5.69 Å². The highest BCUT2D eigenvalue weighted by Gasteiger charge is 2.41. The smallest absolute Gasteiger partial charge is 0.434 e. The molecule has 1 atom stereocenters. The molecule has 10 heteroatoms.